The highest BCUT2D eigenvalue weighted by molar-refractivity contribution is 5.93. The van der Waals surface area contributed by atoms with Gasteiger partial charge in [-0.3, -0.25) is 14.6 Å². The third-order valence-electron chi connectivity index (χ3n) is 9.15. The second kappa shape index (κ2) is 12.8. The van der Waals surface area contributed by atoms with Crippen molar-refractivity contribution in [2.24, 2.45) is 5.92 Å². The molecule has 0 unspecified atom stereocenters. The van der Waals surface area contributed by atoms with Gasteiger partial charge >= 0.3 is 6.09 Å². The minimum Gasteiger partial charge on any atom is -0.465 e. The maximum atomic E-state index is 13.1. The van der Waals surface area contributed by atoms with Crippen LogP contribution in [0.4, 0.5) is 10.5 Å². The number of benzene rings is 2. The molecule has 2 aliphatic carbocycles. The van der Waals surface area contributed by atoms with E-state index in [0.29, 0.717) is 31.5 Å². The number of carbonyl (C=O) groups excluding carboxylic acids is 2. The summed E-state index contributed by atoms with van der Waals surface area (Å²) in [5.74, 6) is 0.356. The third kappa shape index (κ3) is 6.94. The average Bonchev–Trinajstić information content (AvgIpc) is 2.97. The predicted molar refractivity (Wildman–Crippen MR) is 170 cm³/mol. The summed E-state index contributed by atoms with van der Waals surface area (Å²) in [4.78, 5) is 43.3. The Balaban J connectivity index is 1.32. The molecule has 5 rings (SSSR count). The zero-order chi connectivity index (χ0) is 31.5. The lowest BCUT2D eigenvalue weighted by Gasteiger charge is -2.51. The van der Waals surface area contributed by atoms with E-state index in [1.54, 1.807) is 20.0 Å². The van der Waals surface area contributed by atoms with Crippen LogP contribution in [0.5, 0.6) is 0 Å². The van der Waals surface area contributed by atoms with E-state index in [1.807, 2.05) is 72.5 Å². The highest BCUT2D eigenvalue weighted by Crippen LogP contribution is 2.48. The first-order chi connectivity index (χ1) is 21.0. The highest BCUT2D eigenvalue weighted by atomic mass is 16.4. The van der Waals surface area contributed by atoms with E-state index in [0.717, 1.165) is 53.6 Å². The Morgan fingerprint density at radius 3 is 2.20 bits per heavy atom. The van der Waals surface area contributed by atoms with Gasteiger partial charge in [-0.15, -0.1) is 0 Å². The van der Waals surface area contributed by atoms with Crippen molar-refractivity contribution in [3.8, 4) is 22.4 Å². The van der Waals surface area contributed by atoms with Gasteiger partial charge in [-0.2, -0.15) is 0 Å². The van der Waals surface area contributed by atoms with Gasteiger partial charge in [0.15, 0.2) is 0 Å². The van der Waals surface area contributed by atoms with Gasteiger partial charge in [-0.25, -0.2) is 4.79 Å². The van der Waals surface area contributed by atoms with Gasteiger partial charge in [0.2, 0.25) is 11.8 Å². The van der Waals surface area contributed by atoms with Crippen molar-refractivity contribution in [2.75, 3.05) is 11.9 Å². The van der Waals surface area contributed by atoms with Gasteiger partial charge in [0.1, 0.15) is 0 Å². The zero-order valence-corrected chi connectivity index (χ0v) is 25.7. The summed E-state index contributed by atoms with van der Waals surface area (Å²) in [7, 11) is 0. The normalized spacial score (nSPS) is 24.5. The van der Waals surface area contributed by atoms with Crippen LogP contribution in [-0.4, -0.2) is 56.2 Å². The number of carbonyl (C=O) groups is 3. The van der Waals surface area contributed by atoms with Gasteiger partial charge in [0.05, 0.1) is 28.7 Å². The molecule has 9 nitrogen and oxygen atoms in total. The van der Waals surface area contributed by atoms with Crippen LogP contribution in [0.1, 0.15) is 71.3 Å². The largest absolute Gasteiger partial charge is 0.465 e. The number of anilines is 1. The Hall–Kier alpha value is -4.24. The van der Waals surface area contributed by atoms with Crippen LogP contribution < -0.4 is 10.6 Å². The smallest absolute Gasteiger partial charge is 0.405 e. The Morgan fingerprint density at radius 1 is 0.977 bits per heavy atom. The third-order valence-corrected chi connectivity index (χ3v) is 9.15. The van der Waals surface area contributed by atoms with Gasteiger partial charge in [0, 0.05) is 49.9 Å². The van der Waals surface area contributed by atoms with Crippen molar-refractivity contribution in [1.82, 2.24) is 15.2 Å². The molecule has 2 fully saturated rings. The molecule has 0 atom stereocenters. The summed E-state index contributed by atoms with van der Waals surface area (Å²) in [6.07, 6.45) is 5.26. The molecular formula is C35H42N4O5. The molecule has 0 radical (unpaired) electrons. The number of hydrogen-bond donors (Lipinski definition) is 4. The Labute approximate surface area is 258 Å². The molecular weight excluding hydrogens is 556 g/mol. The fraction of sp³-hybridized carbons (Fsp3) is 0.429. The van der Waals surface area contributed by atoms with Crippen molar-refractivity contribution in [3.05, 3.63) is 72.4 Å². The maximum absolute atomic E-state index is 13.1. The van der Waals surface area contributed by atoms with Crippen molar-refractivity contribution >= 4 is 23.6 Å². The SMILES string of the molecule is CCN(C(C)=O)[C@H]1CC[C@H](CC(=O)Nc2cnc(-c3ccc([C@]4(NC(=O)O)C[C@@](C)(O)C4)cc3)c(-c3ccccc3)c2)CC1. The van der Waals surface area contributed by atoms with E-state index in [1.165, 1.54) is 0 Å². The van der Waals surface area contributed by atoms with E-state index in [-0.39, 0.29) is 23.8 Å². The number of amides is 3. The summed E-state index contributed by atoms with van der Waals surface area (Å²) < 4.78 is 0. The number of hydrogen-bond acceptors (Lipinski definition) is 5. The van der Waals surface area contributed by atoms with Crippen molar-refractivity contribution in [2.45, 2.75) is 82.9 Å². The number of carboxylic acid groups (broad SMARTS) is 1. The number of nitrogens with zero attached hydrogens (tertiary/aromatic N) is 2. The molecule has 44 heavy (non-hydrogen) atoms. The summed E-state index contributed by atoms with van der Waals surface area (Å²) >= 11 is 0. The fourth-order valence-electron chi connectivity index (χ4n) is 7.24. The van der Waals surface area contributed by atoms with Crippen LogP contribution in [0.15, 0.2) is 66.9 Å². The molecule has 3 aromatic rings. The first kappa shape index (κ1) is 31.2. The summed E-state index contributed by atoms with van der Waals surface area (Å²) in [6, 6.07) is 19.7. The van der Waals surface area contributed by atoms with Gasteiger partial charge < -0.3 is 25.7 Å². The first-order valence-corrected chi connectivity index (χ1v) is 15.5. The molecule has 2 aliphatic rings. The van der Waals surface area contributed by atoms with Crippen LogP contribution >= 0.6 is 0 Å². The van der Waals surface area contributed by atoms with Crippen molar-refractivity contribution in [3.63, 3.8) is 0 Å². The summed E-state index contributed by atoms with van der Waals surface area (Å²) in [5.41, 5.74) is 3.07. The van der Waals surface area contributed by atoms with Crippen LogP contribution in [0.3, 0.4) is 0 Å². The van der Waals surface area contributed by atoms with E-state index in [9.17, 15) is 24.6 Å². The summed E-state index contributed by atoms with van der Waals surface area (Å²) in [5, 5.41) is 25.5. The average molecular weight is 599 g/mol. The van der Waals surface area contributed by atoms with Crippen LogP contribution in [0.25, 0.3) is 22.4 Å². The van der Waals surface area contributed by atoms with Gasteiger partial charge in [0.25, 0.3) is 0 Å². The number of aliphatic hydroxyl groups is 1. The van der Waals surface area contributed by atoms with E-state index in [2.05, 4.69) is 10.6 Å². The standard InChI is InChI=1S/C35H42N4O5/c1-4-39(23(2)40)29-16-10-24(11-17-29)18-31(41)37-28-19-30(25-8-6-5-7-9-25)32(36-20-28)26-12-14-27(15-13-26)35(38-33(42)43)21-34(3,44)22-35/h5-9,12-15,19-20,24,29,38,44H,4,10-11,16-18,21-22H2,1-3H3,(H,37,41)(H,42,43)/t24-,29-,34-,35+. The number of aromatic nitrogens is 1. The molecule has 232 valence electrons. The maximum Gasteiger partial charge on any atom is 0.405 e. The summed E-state index contributed by atoms with van der Waals surface area (Å²) in [6.45, 7) is 6.06. The minimum atomic E-state index is -1.13. The molecule has 2 aromatic carbocycles. The molecule has 9 heteroatoms. The van der Waals surface area contributed by atoms with Gasteiger partial charge in [-0.05, 0) is 62.6 Å². The zero-order valence-electron chi connectivity index (χ0n) is 25.7. The fourth-order valence-corrected chi connectivity index (χ4v) is 7.24. The van der Waals surface area contributed by atoms with Crippen molar-refractivity contribution in [1.29, 1.82) is 0 Å². The lowest BCUT2D eigenvalue weighted by atomic mass is 9.62. The number of nitrogens with one attached hydrogen (secondary N) is 2. The van der Waals surface area contributed by atoms with Crippen LogP contribution in [-0.2, 0) is 15.1 Å². The lowest BCUT2D eigenvalue weighted by Crippen LogP contribution is -2.61. The van der Waals surface area contributed by atoms with Crippen molar-refractivity contribution < 1.29 is 24.6 Å². The van der Waals surface area contributed by atoms with E-state index in [4.69, 9.17) is 4.98 Å². The highest BCUT2D eigenvalue weighted by Gasteiger charge is 2.53. The monoisotopic (exact) mass is 598 g/mol. The molecule has 0 saturated heterocycles. The molecule has 2 saturated carbocycles. The van der Waals surface area contributed by atoms with Gasteiger partial charge in [-0.1, -0.05) is 54.6 Å². The Kier molecular flexibility index (Phi) is 9.06. The lowest BCUT2D eigenvalue weighted by molar-refractivity contribution is -0.132. The van der Waals surface area contributed by atoms with Crippen LogP contribution in [0.2, 0.25) is 0 Å². The molecule has 1 heterocycles. The topological polar surface area (TPSA) is 132 Å². The number of rotatable bonds is 9. The Bertz CT molecular complexity index is 1490. The quantitative estimate of drug-likeness (QED) is 0.233. The Morgan fingerprint density at radius 2 is 1.64 bits per heavy atom. The van der Waals surface area contributed by atoms with Crippen LogP contribution in [0, 0.1) is 5.92 Å². The first-order valence-electron chi connectivity index (χ1n) is 15.5. The second-order valence-corrected chi connectivity index (χ2v) is 12.7. The molecule has 4 N–H and O–H groups in total. The molecule has 0 bridgehead atoms. The molecule has 0 aliphatic heterocycles. The minimum absolute atomic E-state index is 0.0436. The number of pyridine rings is 1. The molecule has 0 spiro atoms. The van der Waals surface area contributed by atoms with E-state index < -0.39 is 17.2 Å². The molecule has 1 aromatic heterocycles. The van der Waals surface area contributed by atoms with E-state index >= 15 is 0 Å². The predicted octanol–water partition coefficient (Wildman–Crippen LogP) is 6.18. The second-order valence-electron chi connectivity index (χ2n) is 12.7. The molecule has 3 amide bonds.